The minimum absolute atomic E-state index is 0.0386. The predicted octanol–water partition coefficient (Wildman–Crippen LogP) is 5.56. The van der Waals surface area contributed by atoms with Crippen molar-refractivity contribution in [2.75, 3.05) is 23.7 Å². The second kappa shape index (κ2) is 14.6. The first kappa shape index (κ1) is 31.6. The van der Waals surface area contributed by atoms with Crippen molar-refractivity contribution in [1.82, 2.24) is 10.2 Å². The number of halogens is 3. The fourth-order valence-corrected chi connectivity index (χ4v) is 5.61. The molecular formula is C29H32BrClFN3O4S. The van der Waals surface area contributed by atoms with Gasteiger partial charge in [0.05, 0.1) is 17.0 Å². The van der Waals surface area contributed by atoms with Crippen molar-refractivity contribution in [3.05, 3.63) is 99.2 Å². The molecule has 2 amide bonds. The zero-order valence-corrected chi connectivity index (χ0v) is 25.5. The van der Waals surface area contributed by atoms with E-state index in [0.29, 0.717) is 6.54 Å². The topological polar surface area (TPSA) is 86.8 Å². The maximum Gasteiger partial charge on any atom is 0.244 e. The van der Waals surface area contributed by atoms with Crippen LogP contribution in [0.15, 0.2) is 77.3 Å². The van der Waals surface area contributed by atoms with Gasteiger partial charge in [0.25, 0.3) is 0 Å². The Labute approximate surface area is 248 Å². The summed E-state index contributed by atoms with van der Waals surface area (Å²) in [7, 11) is -3.98. The van der Waals surface area contributed by atoms with Gasteiger partial charge in [0.15, 0.2) is 0 Å². The first-order valence-electron chi connectivity index (χ1n) is 12.8. The molecule has 1 atom stereocenters. The van der Waals surface area contributed by atoms with Crippen molar-refractivity contribution < 1.29 is 22.4 Å². The minimum atomic E-state index is -3.98. The highest BCUT2D eigenvalue weighted by Crippen LogP contribution is 2.25. The third-order valence-electron chi connectivity index (χ3n) is 6.21. The summed E-state index contributed by atoms with van der Waals surface area (Å²) in [5.74, 6) is -1.65. The molecule has 0 saturated carbocycles. The summed E-state index contributed by atoms with van der Waals surface area (Å²) in [4.78, 5) is 29.0. The second-order valence-electron chi connectivity index (χ2n) is 9.37. The van der Waals surface area contributed by atoms with Crippen LogP contribution in [0.2, 0.25) is 5.02 Å². The van der Waals surface area contributed by atoms with E-state index in [0.717, 1.165) is 51.1 Å². The monoisotopic (exact) mass is 651 g/mol. The van der Waals surface area contributed by atoms with Gasteiger partial charge in [-0.05, 0) is 47.9 Å². The lowest BCUT2D eigenvalue weighted by atomic mass is 10.0. The van der Waals surface area contributed by atoms with E-state index in [9.17, 15) is 22.4 Å². The Hall–Kier alpha value is -2.95. The summed E-state index contributed by atoms with van der Waals surface area (Å²) >= 11 is 9.37. The fraction of sp³-hybridized carbons (Fsp3) is 0.310. The van der Waals surface area contributed by atoms with E-state index in [1.807, 2.05) is 61.5 Å². The Morgan fingerprint density at radius 1 is 1.02 bits per heavy atom. The highest BCUT2D eigenvalue weighted by Gasteiger charge is 2.33. The Morgan fingerprint density at radius 3 is 2.35 bits per heavy atom. The number of hydrogen-bond acceptors (Lipinski definition) is 4. The predicted molar refractivity (Wildman–Crippen MR) is 160 cm³/mol. The van der Waals surface area contributed by atoms with Crippen molar-refractivity contribution in [3.63, 3.8) is 0 Å². The van der Waals surface area contributed by atoms with Gasteiger partial charge in [0.2, 0.25) is 21.8 Å². The molecule has 0 aliphatic carbocycles. The summed E-state index contributed by atoms with van der Waals surface area (Å²) in [5, 5.41) is 2.66. The maximum absolute atomic E-state index is 14.0. The number of amides is 2. The van der Waals surface area contributed by atoms with E-state index in [1.165, 1.54) is 11.0 Å². The molecular weight excluding hydrogens is 621 g/mol. The van der Waals surface area contributed by atoms with Gasteiger partial charge in [-0.1, -0.05) is 83.3 Å². The smallest absolute Gasteiger partial charge is 0.244 e. The molecule has 7 nitrogen and oxygen atoms in total. The molecule has 214 valence electrons. The molecule has 0 unspecified atom stereocenters. The van der Waals surface area contributed by atoms with E-state index in [1.54, 1.807) is 0 Å². The normalized spacial score (nSPS) is 12.0. The van der Waals surface area contributed by atoms with Crippen LogP contribution in [0.4, 0.5) is 10.1 Å². The molecule has 0 fully saturated rings. The van der Waals surface area contributed by atoms with Crippen LogP contribution >= 0.6 is 27.5 Å². The van der Waals surface area contributed by atoms with Gasteiger partial charge in [-0.25, -0.2) is 12.8 Å². The zero-order chi connectivity index (χ0) is 29.3. The van der Waals surface area contributed by atoms with Crippen LogP contribution in [0.25, 0.3) is 0 Å². The summed E-state index contributed by atoms with van der Waals surface area (Å²) in [6.45, 7) is 1.91. The van der Waals surface area contributed by atoms with Crippen LogP contribution < -0.4 is 9.62 Å². The summed E-state index contributed by atoms with van der Waals surface area (Å²) < 4.78 is 41.1. The molecule has 11 heteroatoms. The molecule has 40 heavy (non-hydrogen) atoms. The number of nitrogens with one attached hydrogen (secondary N) is 1. The van der Waals surface area contributed by atoms with Gasteiger partial charge in [-0.15, -0.1) is 0 Å². The Morgan fingerprint density at radius 2 is 1.73 bits per heavy atom. The number of hydrogen-bond donors (Lipinski definition) is 1. The second-order valence-corrected chi connectivity index (χ2v) is 12.6. The highest BCUT2D eigenvalue weighted by molar-refractivity contribution is 9.10. The van der Waals surface area contributed by atoms with E-state index in [2.05, 4.69) is 21.2 Å². The molecule has 0 aliphatic rings. The lowest BCUT2D eigenvalue weighted by Gasteiger charge is -2.33. The van der Waals surface area contributed by atoms with Crippen molar-refractivity contribution >= 4 is 55.1 Å². The average molecular weight is 653 g/mol. The molecule has 0 heterocycles. The SMILES string of the molecule is CCCCNC(=O)[C@@H](Cc1ccccc1)N(Cc1cccc(Br)c1)C(=O)CN(c1ccc(F)c(Cl)c1)S(C)(=O)=O. The molecule has 0 bridgehead atoms. The summed E-state index contributed by atoms with van der Waals surface area (Å²) in [6.07, 6.45) is 2.83. The molecule has 0 aromatic heterocycles. The van der Waals surface area contributed by atoms with Crippen LogP contribution in [-0.2, 0) is 32.6 Å². The van der Waals surface area contributed by atoms with Crippen molar-refractivity contribution in [2.24, 2.45) is 0 Å². The third kappa shape index (κ3) is 9.04. The first-order chi connectivity index (χ1) is 19.0. The summed E-state index contributed by atoms with van der Waals surface area (Å²) in [6, 6.07) is 19.2. The maximum atomic E-state index is 14.0. The Bertz CT molecular complexity index is 1430. The largest absolute Gasteiger partial charge is 0.354 e. The van der Waals surface area contributed by atoms with Gasteiger partial charge in [-0.3, -0.25) is 13.9 Å². The lowest BCUT2D eigenvalue weighted by molar-refractivity contribution is -0.140. The van der Waals surface area contributed by atoms with Crippen molar-refractivity contribution in [3.8, 4) is 0 Å². The number of benzene rings is 3. The quantitative estimate of drug-likeness (QED) is 0.245. The lowest BCUT2D eigenvalue weighted by Crippen LogP contribution is -2.53. The van der Waals surface area contributed by atoms with E-state index in [4.69, 9.17) is 11.6 Å². The van der Waals surface area contributed by atoms with Crippen LogP contribution in [0.5, 0.6) is 0 Å². The summed E-state index contributed by atoms with van der Waals surface area (Å²) in [5.41, 5.74) is 1.63. The van der Waals surface area contributed by atoms with Gasteiger partial charge >= 0.3 is 0 Å². The molecule has 3 rings (SSSR count). The van der Waals surface area contributed by atoms with E-state index < -0.39 is 34.3 Å². The molecule has 3 aromatic carbocycles. The third-order valence-corrected chi connectivity index (χ3v) is 8.14. The van der Waals surface area contributed by atoms with Gasteiger partial charge in [0, 0.05) is 24.0 Å². The number of nitrogens with zero attached hydrogens (tertiary/aromatic N) is 2. The standard InChI is InChI=1S/C29H32BrClFN3O4S/c1-3-4-15-33-29(37)27(17-21-9-6-5-7-10-21)34(19-22-11-8-12-23(30)16-22)28(36)20-35(40(2,38)39)24-13-14-26(32)25(31)18-24/h5-14,16,18,27H,3-4,15,17,19-20H2,1-2H3,(H,33,37)/t27-/m1/s1. The van der Waals surface area contributed by atoms with Crippen LogP contribution in [0, 0.1) is 5.82 Å². The molecule has 0 aliphatic heterocycles. The number of unbranched alkanes of at least 4 members (excludes halogenated alkanes) is 1. The highest BCUT2D eigenvalue weighted by atomic mass is 79.9. The molecule has 0 radical (unpaired) electrons. The average Bonchev–Trinajstić information content (AvgIpc) is 2.91. The van der Waals surface area contributed by atoms with Crippen molar-refractivity contribution in [1.29, 1.82) is 0 Å². The van der Waals surface area contributed by atoms with Crippen LogP contribution in [0.1, 0.15) is 30.9 Å². The minimum Gasteiger partial charge on any atom is -0.354 e. The Kier molecular flexibility index (Phi) is 11.5. The van der Waals surface area contributed by atoms with Crippen LogP contribution in [0.3, 0.4) is 0 Å². The number of carbonyl (C=O) groups is 2. The number of sulfonamides is 1. The van der Waals surface area contributed by atoms with E-state index in [-0.39, 0.29) is 29.6 Å². The Balaban J connectivity index is 2.04. The van der Waals surface area contributed by atoms with Gasteiger partial charge in [-0.2, -0.15) is 0 Å². The van der Waals surface area contributed by atoms with Gasteiger partial charge < -0.3 is 10.2 Å². The molecule has 0 saturated heterocycles. The fourth-order valence-electron chi connectivity index (χ4n) is 4.15. The van der Waals surface area contributed by atoms with Crippen LogP contribution in [-0.4, -0.2) is 50.5 Å². The molecule has 1 N–H and O–H groups in total. The van der Waals surface area contributed by atoms with Crippen molar-refractivity contribution in [2.45, 2.75) is 38.8 Å². The van der Waals surface area contributed by atoms with Gasteiger partial charge in [0.1, 0.15) is 18.4 Å². The molecule has 3 aromatic rings. The number of carbonyl (C=O) groups excluding carboxylic acids is 2. The van der Waals surface area contributed by atoms with E-state index >= 15 is 0 Å². The zero-order valence-electron chi connectivity index (χ0n) is 22.3. The first-order valence-corrected chi connectivity index (χ1v) is 15.8. The number of rotatable bonds is 13. The molecule has 0 spiro atoms. The number of anilines is 1.